The lowest BCUT2D eigenvalue weighted by atomic mass is 10.1. The number of hydrogen-bond donors (Lipinski definition) is 1. The zero-order chi connectivity index (χ0) is 11.5. The van der Waals surface area contributed by atoms with Gasteiger partial charge in [-0.15, -0.1) is 0 Å². The Bertz CT molecular complexity index is 193. The minimum Gasteiger partial charge on any atom is -0.213 e. The standard InChI is InChI=1S/C15H28S/c1-2-3-4-5-6-7-8-9-10-13-16-14-11-12-15-16/h11-12,14-16H,2-10,13H2,1H3. The van der Waals surface area contributed by atoms with Gasteiger partial charge in [0.2, 0.25) is 0 Å². The second kappa shape index (κ2) is 10.0. The summed E-state index contributed by atoms with van der Waals surface area (Å²) in [4.78, 5) is 0. The Morgan fingerprint density at radius 3 is 1.75 bits per heavy atom. The number of thiol groups is 1. The first-order valence-electron chi connectivity index (χ1n) is 7.04. The highest BCUT2D eigenvalue weighted by Crippen LogP contribution is 2.33. The summed E-state index contributed by atoms with van der Waals surface area (Å²) in [6.07, 6.45) is 17.4. The first-order valence-corrected chi connectivity index (χ1v) is 8.70. The molecule has 0 saturated carbocycles. The predicted molar refractivity (Wildman–Crippen MR) is 79.4 cm³/mol. The van der Waals surface area contributed by atoms with Gasteiger partial charge in [-0.05, 0) is 23.0 Å². The first-order chi connectivity index (χ1) is 7.93. The van der Waals surface area contributed by atoms with Crippen LogP contribution in [0, 0.1) is 0 Å². The van der Waals surface area contributed by atoms with Gasteiger partial charge in [-0.2, -0.15) is 0 Å². The highest BCUT2D eigenvalue weighted by molar-refractivity contribution is 8.22. The molecule has 0 atom stereocenters. The average Bonchev–Trinajstić information content (AvgIpc) is 2.80. The molecular weight excluding hydrogens is 212 g/mol. The number of hydrogen-bond acceptors (Lipinski definition) is 0. The van der Waals surface area contributed by atoms with E-state index in [0.29, 0.717) is 0 Å². The molecule has 0 nitrogen and oxygen atoms in total. The SMILES string of the molecule is CCCCCCCCCCC[SH]1C=CC=C1. The molecule has 0 spiro atoms. The van der Waals surface area contributed by atoms with Crippen LogP contribution in [0.2, 0.25) is 0 Å². The van der Waals surface area contributed by atoms with E-state index in [1.807, 2.05) is 0 Å². The third kappa shape index (κ3) is 7.16. The molecule has 0 aromatic carbocycles. The lowest BCUT2D eigenvalue weighted by Crippen LogP contribution is -1.85. The summed E-state index contributed by atoms with van der Waals surface area (Å²) in [7, 11) is 0.161. The van der Waals surface area contributed by atoms with Gasteiger partial charge in [0.25, 0.3) is 0 Å². The lowest BCUT2D eigenvalue weighted by Gasteiger charge is -2.08. The highest BCUT2D eigenvalue weighted by atomic mass is 32.2. The predicted octanol–water partition coefficient (Wildman–Crippen LogP) is 5.56. The largest absolute Gasteiger partial charge is 0.213 e. The van der Waals surface area contributed by atoms with Crippen LogP contribution in [0.5, 0.6) is 0 Å². The van der Waals surface area contributed by atoms with Crippen LogP contribution in [-0.4, -0.2) is 5.75 Å². The second-order valence-electron chi connectivity index (χ2n) is 4.75. The summed E-state index contributed by atoms with van der Waals surface area (Å²) < 4.78 is 0. The van der Waals surface area contributed by atoms with Gasteiger partial charge in [-0.25, -0.2) is 10.9 Å². The van der Waals surface area contributed by atoms with E-state index in [1.54, 1.807) is 0 Å². The Morgan fingerprint density at radius 2 is 1.19 bits per heavy atom. The summed E-state index contributed by atoms with van der Waals surface area (Å²) in [6, 6.07) is 0. The summed E-state index contributed by atoms with van der Waals surface area (Å²) in [5.41, 5.74) is 0. The van der Waals surface area contributed by atoms with Crippen molar-refractivity contribution in [3.63, 3.8) is 0 Å². The van der Waals surface area contributed by atoms with Crippen LogP contribution in [-0.2, 0) is 0 Å². The van der Waals surface area contributed by atoms with E-state index in [1.165, 1.54) is 63.5 Å². The lowest BCUT2D eigenvalue weighted by molar-refractivity contribution is 0.573. The van der Waals surface area contributed by atoms with Gasteiger partial charge >= 0.3 is 0 Å². The molecule has 0 saturated heterocycles. The van der Waals surface area contributed by atoms with E-state index in [9.17, 15) is 0 Å². The fourth-order valence-corrected chi connectivity index (χ4v) is 3.75. The first kappa shape index (κ1) is 13.9. The van der Waals surface area contributed by atoms with E-state index < -0.39 is 0 Å². The summed E-state index contributed by atoms with van der Waals surface area (Å²) in [5.74, 6) is 1.43. The van der Waals surface area contributed by atoms with Gasteiger partial charge in [-0.1, -0.05) is 70.4 Å². The fraction of sp³-hybridized carbons (Fsp3) is 0.733. The molecule has 1 aliphatic heterocycles. The number of rotatable bonds is 10. The van der Waals surface area contributed by atoms with E-state index >= 15 is 0 Å². The van der Waals surface area contributed by atoms with Crippen LogP contribution < -0.4 is 0 Å². The zero-order valence-electron chi connectivity index (χ0n) is 10.8. The molecule has 1 heterocycles. The molecule has 0 radical (unpaired) electrons. The molecule has 0 amide bonds. The quantitative estimate of drug-likeness (QED) is 0.375. The van der Waals surface area contributed by atoms with E-state index in [2.05, 4.69) is 29.9 Å². The van der Waals surface area contributed by atoms with Crippen LogP contribution >= 0.6 is 10.9 Å². The van der Waals surface area contributed by atoms with Crippen molar-refractivity contribution >= 4 is 10.9 Å². The second-order valence-corrected chi connectivity index (χ2v) is 6.82. The zero-order valence-corrected chi connectivity index (χ0v) is 11.7. The molecule has 0 unspecified atom stereocenters. The number of unbranched alkanes of at least 4 members (excludes halogenated alkanes) is 8. The van der Waals surface area contributed by atoms with Crippen molar-refractivity contribution in [3.05, 3.63) is 23.0 Å². The Balaban J connectivity index is 1.74. The van der Waals surface area contributed by atoms with Crippen molar-refractivity contribution in [1.29, 1.82) is 0 Å². The van der Waals surface area contributed by atoms with Crippen molar-refractivity contribution in [2.75, 3.05) is 5.75 Å². The van der Waals surface area contributed by atoms with Crippen LogP contribution in [0.3, 0.4) is 0 Å². The smallest absolute Gasteiger partial charge is 0.0185 e. The Labute approximate surface area is 105 Å². The van der Waals surface area contributed by atoms with Crippen molar-refractivity contribution in [3.8, 4) is 0 Å². The number of allylic oxidation sites excluding steroid dienone is 2. The molecule has 0 N–H and O–H groups in total. The highest BCUT2D eigenvalue weighted by Gasteiger charge is 1.98. The van der Waals surface area contributed by atoms with Crippen molar-refractivity contribution in [2.45, 2.75) is 64.7 Å². The molecule has 0 fully saturated rings. The van der Waals surface area contributed by atoms with Gasteiger partial charge in [0.05, 0.1) is 0 Å². The molecule has 1 aliphatic rings. The monoisotopic (exact) mass is 240 g/mol. The van der Waals surface area contributed by atoms with Gasteiger partial charge in [-0.3, -0.25) is 0 Å². The van der Waals surface area contributed by atoms with Crippen LogP contribution in [0.1, 0.15) is 64.7 Å². The van der Waals surface area contributed by atoms with Gasteiger partial charge in [0.1, 0.15) is 0 Å². The van der Waals surface area contributed by atoms with Crippen LogP contribution in [0.15, 0.2) is 23.0 Å². The fourth-order valence-electron chi connectivity index (χ4n) is 2.12. The maximum Gasteiger partial charge on any atom is -0.0185 e. The Kier molecular flexibility index (Phi) is 8.70. The Hall–Kier alpha value is -0.170. The third-order valence-corrected chi connectivity index (χ3v) is 5.13. The minimum absolute atomic E-state index is 0.161. The maximum absolute atomic E-state index is 2.39. The van der Waals surface area contributed by atoms with Crippen molar-refractivity contribution in [2.24, 2.45) is 0 Å². The minimum atomic E-state index is 0.161. The molecule has 1 heteroatoms. The van der Waals surface area contributed by atoms with E-state index in [4.69, 9.17) is 0 Å². The molecule has 0 bridgehead atoms. The molecule has 16 heavy (non-hydrogen) atoms. The molecule has 0 aliphatic carbocycles. The molecular formula is C15H28S. The van der Waals surface area contributed by atoms with Gasteiger partial charge in [0.15, 0.2) is 0 Å². The van der Waals surface area contributed by atoms with E-state index in [-0.39, 0.29) is 10.9 Å². The maximum atomic E-state index is 2.39. The molecule has 1 rings (SSSR count). The summed E-state index contributed by atoms with van der Waals surface area (Å²) in [6.45, 7) is 2.29. The van der Waals surface area contributed by atoms with Gasteiger partial charge in [0, 0.05) is 0 Å². The topological polar surface area (TPSA) is 0 Å². The van der Waals surface area contributed by atoms with Gasteiger partial charge < -0.3 is 0 Å². The summed E-state index contributed by atoms with van der Waals surface area (Å²) in [5, 5.41) is 4.78. The van der Waals surface area contributed by atoms with Crippen molar-refractivity contribution in [1.82, 2.24) is 0 Å². The van der Waals surface area contributed by atoms with E-state index in [0.717, 1.165) is 0 Å². The van der Waals surface area contributed by atoms with Crippen LogP contribution in [0.4, 0.5) is 0 Å². The molecule has 94 valence electrons. The third-order valence-electron chi connectivity index (χ3n) is 3.19. The summed E-state index contributed by atoms with van der Waals surface area (Å²) >= 11 is 0. The molecule has 0 aromatic rings. The normalized spacial score (nSPS) is 16.2. The van der Waals surface area contributed by atoms with Crippen LogP contribution in [0.25, 0.3) is 0 Å². The average molecular weight is 240 g/mol. The van der Waals surface area contributed by atoms with Crippen molar-refractivity contribution < 1.29 is 0 Å². The molecule has 0 aromatic heterocycles. The Morgan fingerprint density at radius 1 is 0.688 bits per heavy atom.